The van der Waals surface area contributed by atoms with E-state index in [1.165, 1.54) is 6.20 Å². The Kier molecular flexibility index (Phi) is 3.50. The molecule has 110 valence electrons. The zero-order valence-corrected chi connectivity index (χ0v) is 11.6. The third kappa shape index (κ3) is 3.32. The normalized spacial score (nSPS) is 24.4. The summed E-state index contributed by atoms with van der Waals surface area (Å²) in [6.07, 6.45) is 1.54. The van der Waals surface area contributed by atoms with E-state index in [4.69, 9.17) is 5.11 Å². The molecule has 0 bridgehead atoms. The molecule has 0 spiro atoms. The van der Waals surface area contributed by atoms with Crippen LogP contribution in [0.3, 0.4) is 0 Å². The van der Waals surface area contributed by atoms with Crippen LogP contribution in [0.15, 0.2) is 6.20 Å². The molecule has 0 aliphatic carbocycles. The summed E-state index contributed by atoms with van der Waals surface area (Å²) in [5.41, 5.74) is -0.872. The van der Waals surface area contributed by atoms with Crippen molar-refractivity contribution in [2.24, 2.45) is 0 Å². The van der Waals surface area contributed by atoms with Crippen molar-refractivity contribution >= 4 is 21.7 Å². The lowest BCUT2D eigenvalue weighted by molar-refractivity contribution is -0.137. The molecule has 1 saturated heterocycles. The van der Waals surface area contributed by atoms with Crippen LogP contribution < -0.4 is 5.32 Å². The zero-order valence-electron chi connectivity index (χ0n) is 10.7. The highest BCUT2D eigenvalue weighted by Crippen LogP contribution is 2.23. The van der Waals surface area contributed by atoms with E-state index in [-0.39, 0.29) is 17.2 Å². The smallest absolute Gasteiger partial charge is 0.325 e. The number of carboxylic acid groups (broad SMARTS) is 1. The quantitative estimate of drug-likeness (QED) is 0.704. The van der Waals surface area contributed by atoms with Gasteiger partial charge in [0.25, 0.3) is 5.91 Å². The number of aliphatic carboxylic acids is 1. The molecule has 1 aromatic rings. The van der Waals surface area contributed by atoms with Gasteiger partial charge in [-0.05, 0) is 13.3 Å². The monoisotopic (exact) mass is 302 g/mol. The van der Waals surface area contributed by atoms with Gasteiger partial charge in [0, 0.05) is 0 Å². The van der Waals surface area contributed by atoms with Crippen molar-refractivity contribution in [2.75, 3.05) is 11.5 Å². The summed E-state index contributed by atoms with van der Waals surface area (Å²) in [4.78, 5) is 22.4. The molecule has 2 heterocycles. The van der Waals surface area contributed by atoms with Crippen LogP contribution in [0.1, 0.15) is 23.8 Å². The number of nitrogens with zero attached hydrogens (tertiary/aromatic N) is 3. The predicted octanol–water partition coefficient (Wildman–Crippen LogP) is -1.33. The van der Waals surface area contributed by atoms with E-state index >= 15 is 0 Å². The van der Waals surface area contributed by atoms with Gasteiger partial charge >= 0.3 is 5.97 Å². The standard InChI is InChI=1S/C10H14N4O5S/c1-10(2-3-20(18,19)6-10)11-9(17)7-4-14(13-12-7)5-8(15)16/h4H,2-3,5-6H2,1H3,(H,11,17)(H,15,16). The van der Waals surface area contributed by atoms with E-state index in [1.807, 2.05) is 0 Å². The van der Waals surface area contributed by atoms with Crippen molar-refractivity contribution in [1.29, 1.82) is 0 Å². The van der Waals surface area contributed by atoms with Crippen LogP contribution in [0.25, 0.3) is 0 Å². The van der Waals surface area contributed by atoms with Gasteiger partial charge in [0.15, 0.2) is 15.5 Å². The van der Waals surface area contributed by atoms with Gasteiger partial charge in [0.05, 0.1) is 23.2 Å². The molecule has 1 atom stereocenters. The largest absolute Gasteiger partial charge is 0.480 e. The van der Waals surface area contributed by atoms with Crippen molar-refractivity contribution in [3.05, 3.63) is 11.9 Å². The minimum Gasteiger partial charge on any atom is -0.480 e. The third-order valence-corrected chi connectivity index (χ3v) is 4.89. The fraction of sp³-hybridized carbons (Fsp3) is 0.600. The molecule has 0 saturated carbocycles. The summed E-state index contributed by atoms with van der Waals surface area (Å²) >= 11 is 0. The van der Waals surface area contributed by atoms with E-state index in [0.29, 0.717) is 6.42 Å². The average Bonchev–Trinajstić information content (AvgIpc) is 2.83. The first-order valence-corrected chi connectivity index (χ1v) is 7.66. The van der Waals surface area contributed by atoms with Gasteiger partial charge in [0.2, 0.25) is 0 Å². The number of amides is 1. The van der Waals surface area contributed by atoms with Gasteiger partial charge in [-0.1, -0.05) is 5.21 Å². The van der Waals surface area contributed by atoms with E-state index in [0.717, 1.165) is 4.68 Å². The first-order chi connectivity index (χ1) is 9.19. The van der Waals surface area contributed by atoms with E-state index in [2.05, 4.69) is 15.6 Å². The van der Waals surface area contributed by atoms with Crippen LogP contribution in [-0.2, 0) is 21.2 Å². The first-order valence-electron chi connectivity index (χ1n) is 5.84. The molecule has 2 N–H and O–H groups in total. The van der Waals surface area contributed by atoms with E-state index in [1.54, 1.807) is 6.92 Å². The number of carboxylic acids is 1. The molecule has 1 amide bonds. The summed E-state index contributed by atoms with van der Waals surface area (Å²) in [5, 5.41) is 18.3. The molecular weight excluding hydrogens is 288 g/mol. The molecule has 1 unspecified atom stereocenters. The maximum atomic E-state index is 11.9. The van der Waals surface area contributed by atoms with Crippen LogP contribution in [0.5, 0.6) is 0 Å². The second kappa shape index (κ2) is 4.85. The Hall–Kier alpha value is -1.97. The summed E-state index contributed by atoms with van der Waals surface area (Å²) in [7, 11) is -3.13. The van der Waals surface area contributed by atoms with Crippen molar-refractivity contribution < 1.29 is 23.1 Å². The van der Waals surface area contributed by atoms with Crippen molar-refractivity contribution in [1.82, 2.24) is 20.3 Å². The molecule has 1 aliphatic rings. The molecule has 2 rings (SSSR count). The number of carbonyl (C=O) groups is 2. The zero-order chi connectivity index (χ0) is 15.0. The molecule has 1 aliphatic heterocycles. The highest BCUT2D eigenvalue weighted by molar-refractivity contribution is 7.91. The minimum atomic E-state index is -3.13. The second-order valence-corrected chi connectivity index (χ2v) is 7.24. The number of aromatic nitrogens is 3. The van der Waals surface area contributed by atoms with Crippen LogP contribution in [0.2, 0.25) is 0 Å². The first kappa shape index (κ1) is 14.4. The molecule has 20 heavy (non-hydrogen) atoms. The van der Waals surface area contributed by atoms with Crippen LogP contribution in [0.4, 0.5) is 0 Å². The fourth-order valence-corrected chi connectivity index (χ4v) is 4.16. The van der Waals surface area contributed by atoms with Gasteiger partial charge in [-0.15, -0.1) is 5.10 Å². The molecule has 10 heteroatoms. The Bertz CT molecular complexity index is 652. The van der Waals surface area contributed by atoms with Crippen molar-refractivity contribution in [2.45, 2.75) is 25.4 Å². The number of hydrogen-bond acceptors (Lipinski definition) is 6. The molecule has 0 aromatic carbocycles. The van der Waals surface area contributed by atoms with Crippen molar-refractivity contribution in [3.63, 3.8) is 0 Å². The average molecular weight is 302 g/mol. The van der Waals surface area contributed by atoms with Gasteiger partial charge in [-0.2, -0.15) is 0 Å². The Morgan fingerprint density at radius 2 is 2.25 bits per heavy atom. The number of carbonyl (C=O) groups excluding carboxylic acids is 1. The minimum absolute atomic E-state index is 0.0372. The molecule has 1 fully saturated rings. The lowest BCUT2D eigenvalue weighted by Crippen LogP contribution is -2.47. The molecule has 1 aromatic heterocycles. The lowest BCUT2D eigenvalue weighted by Gasteiger charge is -2.22. The van der Waals surface area contributed by atoms with Gasteiger partial charge < -0.3 is 10.4 Å². The Morgan fingerprint density at radius 3 is 2.80 bits per heavy atom. The highest BCUT2D eigenvalue weighted by Gasteiger charge is 2.39. The van der Waals surface area contributed by atoms with Gasteiger partial charge in [-0.25, -0.2) is 13.1 Å². The SMILES string of the molecule is CC1(NC(=O)c2cn(CC(=O)O)nn2)CCS(=O)(=O)C1. The van der Waals surface area contributed by atoms with Crippen LogP contribution >= 0.6 is 0 Å². The maximum absolute atomic E-state index is 11.9. The number of nitrogens with one attached hydrogen (secondary N) is 1. The Labute approximate surface area is 114 Å². The van der Waals surface area contributed by atoms with Crippen LogP contribution in [0, 0.1) is 0 Å². The third-order valence-electron chi connectivity index (χ3n) is 2.99. The lowest BCUT2D eigenvalue weighted by atomic mass is 10.0. The molecular formula is C10H14N4O5S. The van der Waals surface area contributed by atoms with E-state index < -0.39 is 33.8 Å². The molecule has 0 radical (unpaired) electrons. The van der Waals surface area contributed by atoms with Crippen molar-refractivity contribution in [3.8, 4) is 0 Å². The number of rotatable bonds is 4. The Balaban J connectivity index is 2.05. The predicted molar refractivity (Wildman–Crippen MR) is 66.8 cm³/mol. The maximum Gasteiger partial charge on any atom is 0.325 e. The summed E-state index contributed by atoms with van der Waals surface area (Å²) in [6.45, 7) is 1.25. The number of hydrogen-bond donors (Lipinski definition) is 2. The summed E-state index contributed by atoms with van der Waals surface area (Å²) < 4.78 is 23.9. The topological polar surface area (TPSA) is 131 Å². The highest BCUT2D eigenvalue weighted by atomic mass is 32.2. The molecule has 9 nitrogen and oxygen atoms in total. The second-order valence-electron chi connectivity index (χ2n) is 5.05. The Morgan fingerprint density at radius 1 is 1.55 bits per heavy atom. The van der Waals surface area contributed by atoms with Crippen LogP contribution in [-0.4, -0.2) is 57.4 Å². The van der Waals surface area contributed by atoms with E-state index in [9.17, 15) is 18.0 Å². The fourth-order valence-electron chi connectivity index (χ4n) is 2.07. The summed E-state index contributed by atoms with van der Waals surface area (Å²) in [5.74, 6) is -1.75. The van der Waals surface area contributed by atoms with Gasteiger partial charge in [-0.3, -0.25) is 9.59 Å². The summed E-state index contributed by atoms with van der Waals surface area (Å²) in [6, 6.07) is 0. The number of sulfone groups is 1. The van der Waals surface area contributed by atoms with Gasteiger partial charge in [0.1, 0.15) is 6.54 Å².